The summed E-state index contributed by atoms with van der Waals surface area (Å²) in [6, 6.07) is 0.227. The molecule has 106 valence electrons. The van der Waals surface area contributed by atoms with Gasteiger partial charge in [0.15, 0.2) is 4.34 Å². The van der Waals surface area contributed by atoms with Crippen LogP contribution in [-0.4, -0.2) is 32.6 Å². The van der Waals surface area contributed by atoms with Gasteiger partial charge in [-0.15, -0.1) is 0 Å². The summed E-state index contributed by atoms with van der Waals surface area (Å²) in [5, 5.41) is 3.39. The first-order chi connectivity index (χ1) is 8.94. The van der Waals surface area contributed by atoms with E-state index < -0.39 is 5.54 Å². The number of rotatable bonds is 7. The van der Waals surface area contributed by atoms with Crippen LogP contribution in [0, 0.1) is 12.8 Å². The van der Waals surface area contributed by atoms with E-state index >= 15 is 0 Å². The number of nitrogens with zero attached hydrogens (tertiary/aromatic N) is 2. The molecule has 0 aliphatic heterocycles. The Morgan fingerprint density at radius 1 is 1.63 bits per heavy atom. The minimum atomic E-state index is -0.613. The second-order valence-corrected chi connectivity index (χ2v) is 7.28. The Bertz CT molecular complexity index is 458. The smallest absolute Gasteiger partial charge is 0.238 e. The fourth-order valence-corrected chi connectivity index (χ4v) is 4.16. The third-order valence-corrected chi connectivity index (χ3v) is 5.31. The molecule has 1 aromatic rings. The summed E-state index contributed by atoms with van der Waals surface area (Å²) in [6.07, 6.45) is 2.14. The van der Waals surface area contributed by atoms with Gasteiger partial charge in [0.25, 0.3) is 0 Å². The molecule has 0 spiro atoms. The summed E-state index contributed by atoms with van der Waals surface area (Å²) in [4.78, 5) is 16.3. The van der Waals surface area contributed by atoms with Gasteiger partial charge in [-0.3, -0.25) is 4.79 Å². The first-order valence-electron chi connectivity index (χ1n) is 6.45. The maximum absolute atomic E-state index is 12.0. The average molecular weight is 300 g/mol. The zero-order chi connectivity index (χ0) is 14.0. The monoisotopic (exact) mass is 300 g/mol. The summed E-state index contributed by atoms with van der Waals surface area (Å²) < 4.78 is 5.05. The number of hydrogen-bond donors (Lipinski definition) is 2. The lowest BCUT2D eigenvalue weighted by Crippen LogP contribution is -2.61. The first kappa shape index (κ1) is 14.7. The minimum absolute atomic E-state index is 0.227. The predicted octanol–water partition coefficient (Wildman–Crippen LogP) is 1.57. The second-order valence-electron chi connectivity index (χ2n) is 5.31. The van der Waals surface area contributed by atoms with E-state index in [0.29, 0.717) is 11.7 Å². The molecule has 2 rings (SSSR count). The molecule has 1 aromatic heterocycles. The lowest BCUT2D eigenvalue weighted by Gasteiger charge is -2.33. The van der Waals surface area contributed by atoms with Crippen LogP contribution in [0.5, 0.6) is 0 Å². The molecular formula is C12H20N4OS2. The van der Waals surface area contributed by atoms with Gasteiger partial charge in [0, 0.05) is 11.8 Å². The van der Waals surface area contributed by atoms with Crippen LogP contribution < -0.4 is 11.1 Å². The number of carbonyl (C=O) groups is 1. The van der Waals surface area contributed by atoms with Crippen LogP contribution in [0.3, 0.4) is 0 Å². The van der Waals surface area contributed by atoms with Gasteiger partial charge in [0.1, 0.15) is 11.4 Å². The van der Waals surface area contributed by atoms with Crippen molar-refractivity contribution < 1.29 is 4.79 Å². The normalized spacial score (nSPS) is 18.5. The SMILES string of the molecule is Cc1nsc(SCC(NC(C)C)(C(N)=O)C2CC2)n1. The average Bonchev–Trinajstić information content (AvgIpc) is 3.08. The Hall–Kier alpha value is -0.660. The van der Waals surface area contributed by atoms with Crippen molar-refractivity contribution >= 4 is 29.2 Å². The summed E-state index contributed by atoms with van der Waals surface area (Å²) >= 11 is 2.94. The zero-order valence-electron chi connectivity index (χ0n) is 11.5. The number of aromatic nitrogens is 2. The number of primary amides is 1. The van der Waals surface area contributed by atoms with Gasteiger partial charge in [0.05, 0.1) is 0 Å². The van der Waals surface area contributed by atoms with E-state index in [1.54, 1.807) is 11.8 Å². The summed E-state index contributed by atoms with van der Waals surface area (Å²) in [7, 11) is 0. The van der Waals surface area contributed by atoms with Crippen LogP contribution in [-0.2, 0) is 4.79 Å². The van der Waals surface area contributed by atoms with Gasteiger partial charge in [0.2, 0.25) is 5.91 Å². The highest BCUT2D eigenvalue weighted by Crippen LogP contribution is 2.42. The van der Waals surface area contributed by atoms with Crippen molar-refractivity contribution in [3.63, 3.8) is 0 Å². The van der Waals surface area contributed by atoms with Crippen molar-refractivity contribution in [3.8, 4) is 0 Å². The standard InChI is InChI=1S/C12H20N4OS2/c1-7(2)15-12(10(13)17,9-4-5-9)6-18-11-14-8(3)16-19-11/h7,9,15H,4-6H2,1-3H3,(H2,13,17). The van der Waals surface area contributed by atoms with Crippen LogP contribution in [0.25, 0.3) is 0 Å². The Kier molecular flexibility index (Phi) is 4.47. The zero-order valence-corrected chi connectivity index (χ0v) is 13.1. The topological polar surface area (TPSA) is 80.9 Å². The maximum Gasteiger partial charge on any atom is 0.238 e. The lowest BCUT2D eigenvalue weighted by molar-refractivity contribution is -0.124. The number of aryl methyl sites for hydroxylation is 1. The van der Waals surface area contributed by atoms with E-state index in [-0.39, 0.29) is 11.9 Å². The molecule has 1 heterocycles. The molecule has 7 heteroatoms. The highest BCUT2D eigenvalue weighted by Gasteiger charge is 2.50. The second kappa shape index (κ2) is 5.76. The number of nitrogens with one attached hydrogen (secondary N) is 1. The van der Waals surface area contributed by atoms with Crippen molar-refractivity contribution in [1.82, 2.24) is 14.7 Å². The van der Waals surface area contributed by atoms with Crippen LogP contribution in [0.15, 0.2) is 4.34 Å². The van der Waals surface area contributed by atoms with Crippen molar-refractivity contribution in [2.45, 2.75) is 49.5 Å². The number of hydrogen-bond acceptors (Lipinski definition) is 6. The molecule has 0 radical (unpaired) electrons. The van der Waals surface area contributed by atoms with Gasteiger partial charge in [-0.2, -0.15) is 4.37 Å². The number of thioether (sulfide) groups is 1. The molecule has 0 aromatic carbocycles. The minimum Gasteiger partial charge on any atom is -0.368 e. The molecule has 19 heavy (non-hydrogen) atoms. The lowest BCUT2D eigenvalue weighted by atomic mass is 9.93. The molecule has 0 bridgehead atoms. The van der Waals surface area contributed by atoms with Crippen LogP contribution in [0.2, 0.25) is 0 Å². The maximum atomic E-state index is 12.0. The molecule has 1 aliphatic carbocycles. The molecule has 0 saturated heterocycles. The van der Waals surface area contributed by atoms with Gasteiger partial charge >= 0.3 is 0 Å². The van der Waals surface area contributed by atoms with Gasteiger partial charge in [-0.25, -0.2) is 4.98 Å². The molecule has 1 amide bonds. The van der Waals surface area contributed by atoms with Crippen LogP contribution in [0.4, 0.5) is 0 Å². The molecule has 1 aliphatic rings. The van der Waals surface area contributed by atoms with Crippen LogP contribution >= 0.6 is 23.3 Å². The number of nitrogens with two attached hydrogens (primary N) is 1. The van der Waals surface area contributed by atoms with Crippen molar-refractivity contribution in [2.75, 3.05) is 5.75 Å². The number of amides is 1. The third kappa shape index (κ3) is 3.46. The van der Waals surface area contributed by atoms with E-state index in [1.807, 2.05) is 20.8 Å². The molecule has 1 unspecified atom stereocenters. The van der Waals surface area contributed by atoms with Crippen molar-refractivity contribution in [3.05, 3.63) is 5.82 Å². The van der Waals surface area contributed by atoms with Gasteiger partial charge < -0.3 is 11.1 Å². The van der Waals surface area contributed by atoms with E-state index in [2.05, 4.69) is 14.7 Å². The Balaban J connectivity index is 2.10. The molecule has 1 fully saturated rings. The third-order valence-electron chi connectivity index (χ3n) is 3.19. The predicted molar refractivity (Wildman–Crippen MR) is 78.3 cm³/mol. The quantitative estimate of drug-likeness (QED) is 0.747. The molecule has 5 nitrogen and oxygen atoms in total. The molecule has 3 N–H and O–H groups in total. The Labute approximate surface area is 121 Å². The highest BCUT2D eigenvalue weighted by atomic mass is 32.2. The fourth-order valence-electron chi connectivity index (χ4n) is 2.22. The van der Waals surface area contributed by atoms with Crippen LogP contribution in [0.1, 0.15) is 32.5 Å². The molecule has 1 saturated carbocycles. The Morgan fingerprint density at radius 3 is 2.74 bits per heavy atom. The summed E-state index contributed by atoms with van der Waals surface area (Å²) in [6.45, 7) is 5.95. The van der Waals surface area contributed by atoms with E-state index in [1.165, 1.54) is 11.5 Å². The summed E-state index contributed by atoms with van der Waals surface area (Å²) in [5.74, 6) is 1.51. The van der Waals surface area contributed by atoms with Crippen molar-refractivity contribution in [1.29, 1.82) is 0 Å². The largest absolute Gasteiger partial charge is 0.368 e. The van der Waals surface area contributed by atoms with Crippen molar-refractivity contribution in [2.24, 2.45) is 11.7 Å². The van der Waals surface area contributed by atoms with E-state index in [0.717, 1.165) is 23.0 Å². The number of carbonyl (C=O) groups excluding carboxylic acids is 1. The first-order valence-corrected chi connectivity index (χ1v) is 8.20. The summed E-state index contributed by atoms with van der Waals surface area (Å²) in [5.41, 5.74) is 5.07. The van der Waals surface area contributed by atoms with Gasteiger partial charge in [-0.1, -0.05) is 11.8 Å². The highest BCUT2D eigenvalue weighted by molar-refractivity contribution is 8.01. The van der Waals surface area contributed by atoms with E-state index in [4.69, 9.17) is 5.73 Å². The molecule has 1 atom stereocenters. The molecular weight excluding hydrogens is 280 g/mol. The Morgan fingerprint density at radius 2 is 2.32 bits per heavy atom. The van der Waals surface area contributed by atoms with Gasteiger partial charge in [-0.05, 0) is 51.1 Å². The fraction of sp³-hybridized carbons (Fsp3) is 0.750. The van der Waals surface area contributed by atoms with E-state index in [9.17, 15) is 4.79 Å².